The standard InChI is InChI=1S/C17H20N4O2/c1-11(2)21-15(19-17(23)13-8-9-16(22)18-13)10-14(20-21)12-6-4-3-5-7-12/h3-7,10-11,13H,8-9H2,1-2H3,(H,18,22)(H,19,23)/t13-/m1/s1. The van der Waals surface area contributed by atoms with Gasteiger partial charge in [-0.25, -0.2) is 4.68 Å². The number of benzene rings is 1. The van der Waals surface area contributed by atoms with E-state index in [1.54, 1.807) is 4.68 Å². The summed E-state index contributed by atoms with van der Waals surface area (Å²) < 4.78 is 1.79. The molecule has 1 saturated heterocycles. The van der Waals surface area contributed by atoms with Gasteiger partial charge in [0, 0.05) is 24.1 Å². The molecule has 3 rings (SSSR count). The molecule has 1 aliphatic heterocycles. The lowest BCUT2D eigenvalue weighted by Crippen LogP contribution is -2.37. The lowest BCUT2D eigenvalue weighted by atomic mass is 10.1. The molecule has 6 nitrogen and oxygen atoms in total. The summed E-state index contributed by atoms with van der Waals surface area (Å²) in [5, 5.41) is 10.2. The van der Waals surface area contributed by atoms with Crippen LogP contribution in [0.25, 0.3) is 11.3 Å². The molecule has 1 atom stereocenters. The van der Waals surface area contributed by atoms with Crippen molar-refractivity contribution >= 4 is 17.6 Å². The van der Waals surface area contributed by atoms with Gasteiger partial charge in [-0.05, 0) is 20.3 Å². The lowest BCUT2D eigenvalue weighted by molar-refractivity contribution is -0.122. The van der Waals surface area contributed by atoms with Crippen molar-refractivity contribution in [1.82, 2.24) is 15.1 Å². The van der Waals surface area contributed by atoms with E-state index in [-0.39, 0.29) is 17.9 Å². The number of hydrogen-bond donors (Lipinski definition) is 2. The van der Waals surface area contributed by atoms with Crippen LogP contribution in [0.1, 0.15) is 32.7 Å². The first kappa shape index (κ1) is 15.3. The van der Waals surface area contributed by atoms with Crippen LogP contribution in [0.5, 0.6) is 0 Å². The maximum atomic E-state index is 12.3. The van der Waals surface area contributed by atoms with Gasteiger partial charge in [-0.2, -0.15) is 5.10 Å². The number of nitrogens with one attached hydrogen (secondary N) is 2. The molecule has 1 aliphatic rings. The quantitative estimate of drug-likeness (QED) is 0.910. The summed E-state index contributed by atoms with van der Waals surface area (Å²) in [5.41, 5.74) is 1.81. The highest BCUT2D eigenvalue weighted by atomic mass is 16.2. The Hall–Kier alpha value is -2.63. The van der Waals surface area contributed by atoms with Crippen LogP contribution in [-0.2, 0) is 9.59 Å². The molecular formula is C17H20N4O2. The van der Waals surface area contributed by atoms with Crippen LogP contribution >= 0.6 is 0 Å². The average molecular weight is 312 g/mol. The van der Waals surface area contributed by atoms with Crippen molar-refractivity contribution in [2.75, 3.05) is 5.32 Å². The first-order valence-electron chi connectivity index (χ1n) is 7.80. The second-order valence-electron chi connectivity index (χ2n) is 5.97. The maximum Gasteiger partial charge on any atom is 0.248 e. The minimum absolute atomic E-state index is 0.0764. The van der Waals surface area contributed by atoms with E-state index in [4.69, 9.17) is 0 Å². The Labute approximate surface area is 134 Å². The highest BCUT2D eigenvalue weighted by molar-refractivity contribution is 5.98. The smallest absolute Gasteiger partial charge is 0.248 e. The minimum atomic E-state index is -0.460. The Morgan fingerprint density at radius 1 is 1.35 bits per heavy atom. The van der Waals surface area contributed by atoms with E-state index in [2.05, 4.69) is 15.7 Å². The molecule has 0 saturated carbocycles. The fraction of sp³-hybridized carbons (Fsp3) is 0.353. The van der Waals surface area contributed by atoms with Gasteiger partial charge in [0.25, 0.3) is 0 Å². The topological polar surface area (TPSA) is 76.0 Å². The van der Waals surface area contributed by atoms with Crippen molar-refractivity contribution < 1.29 is 9.59 Å². The Kier molecular flexibility index (Phi) is 4.14. The Balaban J connectivity index is 1.84. The molecule has 0 radical (unpaired) electrons. The van der Waals surface area contributed by atoms with Gasteiger partial charge in [0.1, 0.15) is 11.9 Å². The molecule has 2 heterocycles. The van der Waals surface area contributed by atoms with Crippen LogP contribution in [0, 0.1) is 0 Å². The number of carbonyl (C=O) groups is 2. The number of aromatic nitrogens is 2. The highest BCUT2D eigenvalue weighted by Gasteiger charge is 2.28. The summed E-state index contributed by atoms with van der Waals surface area (Å²) in [6.45, 7) is 4.02. The van der Waals surface area contributed by atoms with Gasteiger partial charge >= 0.3 is 0 Å². The molecule has 0 bridgehead atoms. The number of amides is 2. The minimum Gasteiger partial charge on any atom is -0.344 e. The molecule has 2 N–H and O–H groups in total. The van der Waals surface area contributed by atoms with Gasteiger partial charge in [-0.1, -0.05) is 30.3 Å². The monoisotopic (exact) mass is 312 g/mol. The second kappa shape index (κ2) is 6.24. The van der Waals surface area contributed by atoms with Crippen molar-refractivity contribution in [1.29, 1.82) is 0 Å². The van der Waals surface area contributed by atoms with E-state index in [0.717, 1.165) is 11.3 Å². The van der Waals surface area contributed by atoms with E-state index >= 15 is 0 Å². The summed E-state index contributed by atoms with van der Waals surface area (Å²) in [6.07, 6.45) is 0.933. The van der Waals surface area contributed by atoms with Gasteiger partial charge in [0.15, 0.2) is 0 Å². The highest BCUT2D eigenvalue weighted by Crippen LogP contribution is 2.24. The van der Waals surface area contributed by atoms with E-state index in [0.29, 0.717) is 18.7 Å². The fourth-order valence-electron chi connectivity index (χ4n) is 2.66. The van der Waals surface area contributed by atoms with Crippen molar-refractivity contribution in [3.63, 3.8) is 0 Å². The third kappa shape index (κ3) is 3.26. The van der Waals surface area contributed by atoms with Gasteiger partial charge in [-0.15, -0.1) is 0 Å². The Morgan fingerprint density at radius 3 is 2.70 bits per heavy atom. The van der Waals surface area contributed by atoms with Crippen LogP contribution in [0.4, 0.5) is 5.82 Å². The van der Waals surface area contributed by atoms with Crippen LogP contribution in [-0.4, -0.2) is 27.6 Å². The van der Waals surface area contributed by atoms with Gasteiger partial charge < -0.3 is 10.6 Å². The predicted molar refractivity (Wildman–Crippen MR) is 87.8 cm³/mol. The summed E-state index contributed by atoms with van der Waals surface area (Å²) >= 11 is 0. The second-order valence-corrected chi connectivity index (χ2v) is 5.97. The number of nitrogens with zero attached hydrogens (tertiary/aromatic N) is 2. The lowest BCUT2D eigenvalue weighted by Gasteiger charge is -2.14. The van der Waals surface area contributed by atoms with Gasteiger partial charge in [0.2, 0.25) is 11.8 Å². The average Bonchev–Trinajstić information content (AvgIpc) is 3.15. The summed E-state index contributed by atoms with van der Waals surface area (Å²) in [7, 11) is 0. The van der Waals surface area contributed by atoms with E-state index in [1.165, 1.54) is 0 Å². The van der Waals surface area contributed by atoms with E-state index in [9.17, 15) is 9.59 Å². The van der Waals surface area contributed by atoms with Crippen LogP contribution in [0.3, 0.4) is 0 Å². The first-order chi connectivity index (χ1) is 11.0. The number of anilines is 1. The third-order valence-electron chi connectivity index (χ3n) is 3.86. The van der Waals surface area contributed by atoms with Gasteiger partial charge in [-0.3, -0.25) is 9.59 Å². The normalized spacial score (nSPS) is 17.3. The zero-order chi connectivity index (χ0) is 16.4. The molecule has 1 fully saturated rings. The van der Waals surface area contributed by atoms with Crippen molar-refractivity contribution in [3.8, 4) is 11.3 Å². The molecule has 0 aliphatic carbocycles. The third-order valence-corrected chi connectivity index (χ3v) is 3.86. The largest absolute Gasteiger partial charge is 0.344 e. The van der Waals surface area contributed by atoms with Crippen LogP contribution < -0.4 is 10.6 Å². The predicted octanol–water partition coefficient (Wildman–Crippen LogP) is 2.35. The molecule has 0 unspecified atom stereocenters. The summed E-state index contributed by atoms with van der Waals surface area (Å²) in [4.78, 5) is 23.6. The zero-order valence-corrected chi connectivity index (χ0v) is 13.2. The molecule has 6 heteroatoms. The maximum absolute atomic E-state index is 12.3. The van der Waals surface area contributed by atoms with Crippen LogP contribution in [0.2, 0.25) is 0 Å². The van der Waals surface area contributed by atoms with Gasteiger partial charge in [0.05, 0.1) is 5.69 Å². The fourth-order valence-corrected chi connectivity index (χ4v) is 2.66. The molecule has 0 spiro atoms. The molecule has 2 amide bonds. The molecule has 2 aromatic rings. The Morgan fingerprint density at radius 2 is 2.09 bits per heavy atom. The zero-order valence-electron chi connectivity index (χ0n) is 13.2. The molecule has 1 aromatic carbocycles. The number of hydrogen-bond acceptors (Lipinski definition) is 3. The molecule has 23 heavy (non-hydrogen) atoms. The van der Waals surface area contributed by atoms with E-state index < -0.39 is 6.04 Å². The molecular weight excluding hydrogens is 292 g/mol. The molecule has 1 aromatic heterocycles. The van der Waals surface area contributed by atoms with Crippen molar-refractivity contribution in [2.24, 2.45) is 0 Å². The Bertz CT molecular complexity index is 721. The molecule has 120 valence electrons. The first-order valence-corrected chi connectivity index (χ1v) is 7.80. The summed E-state index contributed by atoms with van der Waals surface area (Å²) in [6, 6.07) is 11.3. The van der Waals surface area contributed by atoms with E-state index in [1.807, 2.05) is 50.2 Å². The number of rotatable bonds is 4. The summed E-state index contributed by atoms with van der Waals surface area (Å²) in [5.74, 6) is 0.370. The van der Waals surface area contributed by atoms with Crippen molar-refractivity contribution in [2.45, 2.75) is 38.8 Å². The SMILES string of the molecule is CC(C)n1nc(-c2ccccc2)cc1NC(=O)[C@H]1CCC(=O)N1. The number of carbonyl (C=O) groups excluding carboxylic acids is 2. The van der Waals surface area contributed by atoms with Crippen molar-refractivity contribution in [3.05, 3.63) is 36.4 Å². The van der Waals surface area contributed by atoms with Crippen LogP contribution in [0.15, 0.2) is 36.4 Å².